The molecule has 1 heterocycles. The fourth-order valence-electron chi connectivity index (χ4n) is 3.40. The lowest BCUT2D eigenvalue weighted by Gasteiger charge is -2.32. The zero-order valence-corrected chi connectivity index (χ0v) is 16.1. The van der Waals surface area contributed by atoms with Gasteiger partial charge >= 0.3 is 0 Å². The van der Waals surface area contributed by atoms with Gasteiger partial charge in [0.15, 0.2) is 11.6 Å². The number of aryl methyl sites for hydroxylation is 1. The van der Waals surface area contributed by atoms with Crippen molar-refractivity contribution in [3.8, 4) is 0 Å². The van der Waals surface area contributed by atoms with E-state index in [2.05, 4.69) is 4.72 Å². The van der Waals surface area contributed by atoms with Crippen LogP contribution in [0.3, 0.4) is 0 Å². The number of piperidine rings is 1. The number of nitrogens with zero attached hydrogens (tertiary/aromatic N) is 1. The van der Waals surface area contributed by atoms with E-state index in [1.165, 1.54) is 6.07 Å². The Kier molecular flexibility index (Phi) is 6.24. The van der Waals surface area contributed by atoms with E-state index in [9.17, 15) is 17.2 Å². The number of benzene rings is 2. The normalized spacial score (nSPS) is 18.6. The first-order valence-electron chi connectivity index (χ1n) is 9.07. The molecule has 1 fully saturated rings. The highest BCUT2D eigenvalue weighted by Gasteiger charge is 2.23. The molecule has 146 valence electrons. The Hall–Kier alpha value is -1.83. The van der Waals surface area contributed by atoms with Gasteiger partial charge < -0.3 is 0 Å². The summed E-state index contributed by atoms with van der Waals surface area (Å²) in [6, 6.07) is 10.9. The summed E-state index contributed by atoms with van der Waals surface area (Å²) in [7, 11) is -3.54. The van der Waals surface area contributed by atoms with E-state index >= 15 is 0 Å². The average Bonchev–Trinajstić information content (AvgIpc) is 2.65. The number of likely N-dealkylation sites (tertiary alicyclic amines) is 1. The monoisotopic (exact) mass is 394 g/mol. The maximum absolute atomic E-state index is 13.9. The van der Waals surface area contributed by atoms with Crippen molar-refractivity contribution in [2.75, 3.05) is 19.6 Å². The minimum atomic E-state index is -3.54. The fourth-order valence-corrected chi connectivity index (χ4v) is 4.52. The second-order valence-electron chi connectivity index (χ2n) is 7.12. The first-order valence-corrected chi connectivity index (χ1v) is 10.5. The van der Waals surface area contributed by atoms with Crippen LogP contribution < -0.4 is 4.72 Å². The zero-order valence-electron chi connectivity index (χ0n) is 15.3. The van der Waals surface area contributed by atoms with E-state index in [0.29, 0.717) is 25.2 Å². The Morgan fingerprint density at radius 3 is 2.63 bits per heavy atom. The number of nitrogens with one attached hydrogen (secondary N) is 1. The molecule has 0 spiro atoms. The number of hydrogen-bond acceptors (Lipinski definition) is 3. The SMILES string of the molecule is Cc1ccc(S(=O)(=O)NCC2CCCN(Cc3cccc(F)c3F)C2)cc1. The van der Waals surface area contributed by atoms with Crippen LogP contribution >= 0.6 is 0 Å². The van der Waals surface area contributed by atoms with E-state index < -0.39 is 21.7 Å². The maximum Gasteiger partial charge on any atom is 0.240 e. The molecule has 1 unspecified atom stereocenters. The Morgan fingerprint density at radius 1 is 1.15 bits per heavy atom. The highest BCUT2D eigenvalue weighted by molar-refractivity contribution is 7.89. The molecule has 1 saturated heterocycles. The standard InChI is InChI=1S/C20H24F2N2O2S/c1-15-7-9-18(10-8-15)27(25,26)23-12-16-4-3-11-24(13-16)14-17-5-2-6-19(21)20(17)22/h2,5-10,16,23H,3-4,11-14H2,1H3. The molecule has 4 nitrogen and oxygen atoms in total. The van der Waals surface area contributed by atoms with Gasteiger partial charge in [0.05, 0.1) is 4.90 Å². The first-order chi connectivity index (χ1) is 12.8. The molecule has 0 bridgehead atoms. The minimum Gasteiger partial charge on any atom is -0.299 e. The molecule has 7 heteroatoms. The molecular weight excluding hydrogens is 370 g/mol. The summed E-state index contributed by atoms with van der Waals surface area (Å²) in [5.41, 5.74) is 1.33. The van der Waals surface area contributed by atoms with Crippen molar-refractivity contribution in [2.45, 2.75) is 31.2 Å². The Balaban J connectivity index is 1.58. The summed E-state index contributed by atoms with van der Waals surface area (Å²) in [6.07, 6.45) is 1.80. The molecule has 1 aliphatic heterocycles. The summed E-state index contributed by atoms with van der Waals surface area (Å²) in [6.45, 7) is 3.99. The Bertz CT molecular complexity index is 885. The van der Waals surface area contributed by atoms with E-state index in [-0.39, 0.29) is 10.8 Å². The van der Waals surface area contributed by atoms with Gasteiger partial charge in [-0.2, -0.15) is 0 Å². The van der Waals surface area contributed by atoms with Gasteiger partial charge in [-0.3, -0.25) is 4.90 Å². The molecule has 2 aromatic rings. The van der Waals surface area contributed by atoms with Crippen LogP contribution in [0.2, 0.25) is 0 Å². The number of sulfonamides is 1. The van der Waals surface area contributed by atoms with Gasteiger partial charge in [-0.1, -0.05) is 29.8 Å². The lowest BCUT2D eigenvalue weighted by atomic mass is 9.98. The third-order valence-corrected chi connectivity index (χ3v) is 6.36. The molecule has 1 N–H and O–H groups in total. The molecule has 0 amide bonds. The second-order valence-corrected chi connectivity index (χ2v) is 8.89. The van der Waals surface area contributed by atoms with Crippen molar-refractivity contribution in [3.63, 3.8) is 0 Å². The van der Waals surface area contributed by atoms with E-state index in [4.69, 9.17) is 0 Å². The summed E-state index contributed by atoms with van der Waals surface area (Å²) >= 11 is 0. The van der Waals surface area contributed by atoms with Gasteiger partial charge in [-0.05, 0) is 50.4 Å². The molecule has 1 aliphatic rings. The van der Waals surface area contributed by atoms with Crippen molar-refractivity contribution in [3.05, 3.63) is 65.2 Å². The molecule has 0 radical (unpaired) electrons. The van der Waals surface area contributed by atoms with Gasteiger partial charge in [0.25, 0.3) is 0 Å². The third-order valence-electron chi connectivity index (χ3n) is 4.92. The Labute approximate surface area is 159 Å². The number of halogens is 2. The van der Waals surface area contributed by atoms with Crippen LogP contribution in [-0.2, 0) is 16.6 Å². The predicted octanol–water partition coefficient (Wildman–Crippen LogP) is 3.46. The van der Waals surface area contributed by atoms with Crippen LogP contribution in [0.4, 0.5) is 8.78 Å². The quantitative estimate of drug-likeness (QED) is 0.816. The van der Waals surface area contributed by atoms with Crippen LogP contribution in [0.1, 0.15) is 24.0 Å². The Morgan fingerprint density at radius 2 is 1.89 bits per heavy atom. The van der Waals surface area contributed by atoms with E-state index in [1.807, 2.05) is 11.8 Å². The van der Waals surface area contributed by atoms with E-state index in [0.717, 1.165) is 31.0 Å². The molecule has 0 aromatic heterocycles. The summed E-state index contributed by atoms with van der Waals surface area (Å²) < 4.78 is 54.8. The van der Waals surface area contributed by atoms with Crippen molar-refractivity contribution in [2.24, 2.45) is 5.92 Å². The number of rotatable bonds is 6. The van der Waals surface area contributed by atoms with Crippen LogP contribution in [0.5, 0.6) is 0 Å². The lowest BCUT2D eigenvalue weighted by Crippen LogP contribution is -2.40. The topological polar surface area (TPSA) is 49.4 Å². The summed E-state index contributed by atoms with van der Waals surface area (Å²) in [5, 5.41) is 0. The van der Waals surface area contributed by atoms with Gasteiger partial charge in [0, 0.05) is 25.2 Å². The highest BCUT2D eigenvalue weighted by Crippen LogP contribution is 2.21. The van der Waals surface area contributed by atoms with Crippen molar-refractivity contribution in [1.82, 2.24) is 9.62 Å². The second kappa shape index (κ2) is 8.46. The highest BCUT2D eigenvalue weighted by atomic mass is 32.2. The molecule has 0 saturated carbocycles. The van der Waals surface area contributed by atoms with Crippen LogP contribution in [0.25, 0.3) is 0 Å². The predicted molar refractivity (Wildman–Crippen MR) is 101 cm³/mol. The average molecular weight is 394 g/mol. The van der Waals surface area contributed by atoms with Crippen LogP contribution in [-0.4, -0.2) is 33.0 Å². The van der Waals surface area contributed by atoms with Crippen molar-refractivity contribution >= 4 is 10.0 Å². The van der Waals surface area contributed by atoms with Crippen molar-refractivity contribution < 1.29 is 17.2 Å². The minimum absolute atomic E-state index is 0.135. The summed E-state index contributed by atoms with van der Waals surface area (Å²) in [4.78, 5) is 2.30. The van der Waals surface area contributed by atoms with E-state index in [1.54, 1.807) is 30.3 Å². The molecule has 1 atom stereocenters. The van der Waals surface area contributed by atoms with Gasteiger partial charge in [0.2, 0.25) is 10.0 Å². The lowest BCUT2D eigenvalue weighted by molar-refractivity contribution is 0.166. The summed E-state index contributed by atoms with van der Waals surface area (Å²) in [5.74, 6) is -1.51. The zero-order chi connectivity index (χ0) is 19.4. The molecule has 0 aliphatic carbocycles. The van der Waals surface area contributed by atoms with Gasteiger partial charge in [0.1, 0.15) is 0 Å². The maximum atomic E-state index is 13.9. The number of hydrogen-bond donors (Lipinski definition) is 1. The molecule has 3 rings (SSSR count). The first kappa shape index (κ1) is 19.9. The van der Waals surface area contributed by atoms with Gasteiger partial charge in [-0.15, -0.1) is 0 Å². The van der Waals surface area contributed by atoms with Crippen LogP contribution in [0.15, 0.2) is 47.4 Å². The largest absolute Gasteiger partial charge is 0.299 e. The molecular formula is C20H24F2N2O2S. The van der Waals surface area contributed by atoms with Crippen LogP contribution in [0, 0.1) is 24.5 Å². The smallest absolute Gasteiger partial charge is 0.240 e. The third kappa shape index (κ3) is 5.12. The molecule has 2 aromatic carbocycles. The van der Waals surface area contributed by atoms with Gasteiger partial charge in [-0.25, -0.2) is 21.9 Å². The van der Waals surface area contributed by atoms with Crippen molar-refractivity contribution in [1.29, 1.82) is 0 Å². The fraction of sp³-hybridized carbons (Fsp3) is 0.400. The molecule has 27 heavy (non-hydrogen) atoms.